The number of carbonyl (C=O) groups excluding carboxylic acids is 1. The van der Waals surface area contributed by atoms with Gasteiger partial charge in [-0.3, -0.25) is 4.79 Å². The molecule has 2 aromatic rings. The number of hydrogen-bond donors (Lipinski definition) is 1. The van der Waals surface area contributed by atoms with E-state index in [-0.39, 0.29) is 5.91 Å². The molecule has 0 atom stereocenters. The third kappa shape index (κ3) is 4.07. The molecule has 0 spiro atoms. The molecule has 0 bridgehead atoms. The number of carbonyl (C=O) groups is 1. The minimum absolute atomic E-state index is 0.145. The fraction of sp³-hybridized carbons (Fsp3) is 0.0625. The molecule has 1 N–H and O–H groups in total. The third-order valence-corrected chi connectivity index (χ3v) is 3.27. The lowest BCUT2D eigenvalue weighted by Crippen LogP contribution is -2.08. The van der Waals surface area contributed by atoms with Crippen molar-refractivity contribution >= 4 is 33.6 Å². The largest absolute Gasteiger partial charge is 0.321 e. The van der Waals surface area contributed by atoms with E-state index in [9.17, 15) is 4.79 Å². The lowest BCUT2D eigenvalue weighted by Gasteiger charge is -2.05. The van der Waals surface area contributed by atoms with Crippen LogP contribution < -0.4 is 5.32 Å². The Bertz CT molecular complexity index is 605. The van der Waals surface area contributed by atoms with Crippen LogP contribution in [0.5, 0.6) is 0 Å². The SMILES string of the molecule is Cc1ccc(NC(=O)C=Cc2ccccc2)c(Br)c1. The Morgan fingerprint density at radius 1 is 1.16 bits per heavy atom. The lowest BCUT2D eigenvalue weighted by atomic mass is 10.2. The lowest BCUT2D eigenvalue weighted by molar-refractivity contribution is -0.111. The maximum Gasteiger partial charge on any atom is 0.248 e. The van der Waals surface area contributed by atoms with Crippen LogP contribution in [-0.2, 0) is 4.79 Å². The van der Waals surface area contributed by atoms with Crippen LogP contribution in [0.4, 0.5) is 5.69 Å². The van der Waals surface area contributed by atoms with Crippen molar-refractivity contribution in [2.75, 3.05) is 5.32 Å². The monoisotopic (exact) mass is 315 g/mol. The Hall–Kier alpha value is -1.87. The first kappa shape index (κ1) is 13.6. The summed E-state index contributed by atoms with van der Waals surface area (Å²) in [7, 11) is 0. The Balaban J connectivity index is 2.04. The van der Waals surface area contributed by atoms with Gasteiger partial charge < -0.3 is 5.32 Å². The van der Waals surface area contributed by atoms with Gasteiger partial charge in [0, 0.05) is 10.5 Å². The van der Waals surface area contributed by atoms with E-state index in [1.807, 2.05) is 55.5 Å². The van der Waals surface area contributed by atoms with Crippen molar-refractivity contribution in [1.29, 1.82) is 0 Å². The highest BCUT2D eigenvalue weighted by Gasteiger charge is 2.02. The molecule has 1 amide bonds. The first-order valence-corrected chi connectivity index (χ1v) is 6.75. The average Bonchev–Trinajstić information content (AvgIpc) is 2.41. The maximum atomic E-state index is 11.8. The standard InChI is InChI=1S/C16H14BrNO/c1-12-7-9-15(14(17)11-12)18-16(19)10-8-13-5-3-2-4-6-13/h2-11H,1H3,(H,18,19). The van der Waals surface area contributed by atoms with Crippen molar-refractivity contribution in [1.82, 2.24) is 0 Å². The number of hydrogen-bond acceptors (Lipinski definition) is 1. The highest BCUT2D eigenvalue weighted by atomic mass is 79.9. The number of rotatable bonds is 3. The Morgan fingerprint density at radius 2 is 1.89 bits per heavy atom. The first-order valence-electron chi connectivity index (χ1n) is 5.95. The molecular formula is C16H14BrNO. The molecule has 0 aliphatic heterocycles. The van der Waals surface area contributed by atoms with Crippen LogP contribution >= 0.6 is 15.9 Å². The summed E-state index contributed by atoms with van der Waals surface area (Å²) in [5.74, 6) is -0.145. The van der Waals surface area contributed by atoms with Crippen LogP contribution in [0.2, 0.25) is 0 Å². The summed E-state index contributed by atoms with van der Waals surface area (Å²) in [6, 6.07) is 15.5. The van der Waals surface area contributed by atoms with E-state index < -0.39 is 0 Å². The van der Waals surface area contributed by atoms with Crippen molar-refractivity contribution in [2.24, 2.45) is 0 Å². The molecule has 0 radical (unpaired) electrons. The molecule has 3 heteroatoms. The quantitative estimate of drug-likeness (QED) is 0.835. The molecule has 2 aromatic carbocycles. The van der Waals surface area contributed by atoms with Gasteiger partial charge in [-0.15, -0.1) is 0 Å². The van der Waals surface area contributed by atoms with Crippen LogP contribution in [0.3, 0.4) is 0 Å². The van der Waals surface area contributed by atoms with Crippen LogP contribution in [-0.4, -0.2) is 5.91 Å². The molecule has 0 aliphatic carbocycles. The highest BCUT2D eigenvalue weighted by Crippen LogP contribution is 2.23. The van der Waals surface area contributed by atoms with Gasteiger partial charge in [-0.1, -0.05) is 36.4 Å². The molecule has 0 unspecified atom stereocenters. The minimum atomic E-state index is -0.145. The average molecular weight is 316 g/mol. The normalized spacial score (nSPS) is 10.6. The van der Waals surface area contributed by atoms with Crippen LogP contribution in [0, 0.1) is 6.92 Å². The second kappa shape index (κ2) is 6.34. The van der Waals surface area contributed by atoms with E-state index in [4.69, 9.17) is 0 Å². The Labute approximate surface area is 121 Å². The summed E-state index contributed by atoms with van der Waals surface area (Å²) in [6.07, 6.45) is 3.32. The predicted octanol–water partition coefficient (Wildman–Crippen LogP) is 4.41. The second-order valence-electron chi connectivity index (χ2n) is 4.22. The minimum Gasteiger partial charge on any atom is -0.321 e. The van der Waals surface area contributed by atoms with E-state index in [1.54, 1.807) is 6.08 Å². The van der Waals surface area contributed by atoms with Crippen molar-refractivity contribution in [3.63, 3.8) is 0 Å². The third-order valence-electron chi connectivity index (χ3n) is 2.61. The second-order valence-corrected chi connectivity index (χ2v) is 5.07. The maximum absolute atomic E-state index is 11.8. The van der Waals surface area contributed by atoms with Gasteiger partial charge in [-0.25, -0.2) is 0 Å². The fourth-order valence-electron chi connectivity index (χ4n) is 1.63. The molecule has 19 heavy (non-hydrogen) atoms. The topological polar surface area (TPSA) is 29.1 Å². The van der Waals surface area contributed by atoms with E-state index in [0.717, 1.165) is 21.3 Å². The summed E-state index contributed by atoms with van der Waals surface area (Å²) >= 11 is 3.43. The van der Waals surface area contributed by atoms with Crippen LogP contribution in [0.1, 0.15) is 11.1 Å². The van der Waals surface area contributed by atoms with Crippen LogP contribution in [0.15, 0.2) is 59.1 Å². The number of anilines is 1. The highest BCUT2D eigenvalue weighted by molar-refractivity contribution is 9.10. The number of halogens is 1. The molecule has 0 aromatic heterocycles. The molecule has 0 aliphatic rings. The van der Waals surface area contributed by atoms with Gasteiger partial charge in [0.05, 0.1) is 5.69 Å². The van der Waals surface area contributed by atoms with E-state index in [2.05, 4.69) is 21.2 Å². The van der Waals surface area contributed by atoms with E-state index in [1.165, 1.54) is 6.08 Å². The van der Waals surface area contributed by atoms with Crippen molar-refractivity contribution in [2.45, 2.75) is 6.92 Å². The number of aryl methyl sites for hydroxylation is 1. The summed E-state index contributed by atoms with van der Waals surface area (Å²) < 4.78 is 0.883. The van der Waals surface area contributed by atoms with Crippen LogP contribution in [0.25, 0.3) is 6.08 Å². The number of nitrogens with one attached hydrogen (secondary N) is 1. The van der Waals surface area contributed by atoms with E-state index in [0.29, 0.717) is 0 Å². The first-order chi connectivity index (χ1) is 9.15. The molecule has 0 heterocycles. The van der Waals surface area contributed by atoms with Crippen molar-refractivity contribution in [3.05, 3.63) is 70.2 Å². The molecule has 0 saturated carbocycles. The van der Waals surface area contributed by atoms with Gasteiger partial charge in [0.25, 0.3) is 0 Å². The number of benzene rings is 2. The zero-order chi connectivity index (χ0) is 13.7. The summed E-state index contributed by atoms with van der Waals surface area (Å²) in [4.78, 5) is 11.8. The fourth-order valence-corrected chi connectivity index (χ4v) is 2.22. The van der Waals surface area contributed by atoms with Gasteiger partial charge >= 0.3 is 0 Å². The molecular weight excluding hydrogens is 302 g/mol. The zero-order valence-electron chi connectivity index (χ0n) is 10.6. The summed E-state index contributed by atoms with van der Waals surface area (Å²) in [6.45, 7) is 2.01. The molecule has 96 valence electrons. The molecule has 0 saturated heterocycles. The number of amides is 1. The molecule has 2 rings (SSSR count). The Kier molecular flexibility index (Phi) is 4.53. The predicted molar refractivity (Wildman–Crippen MR) is 83.0 cm³/mol. The van der Waals surface area contributed by atoms with Gasteiger partial charge in [-0.2, -0.15) is 0 Å². The summed E-state index contributed by atoms with van der Waals surface area (Å²) in [5.41, 5.74) is 2.92. The van der Waals surface area contributed by atoms with Gasteiger partial charge in [0.15, 0.2) is 0 Å². The van der Waals surface area contributed by atoms with Gasteiger partial charge in [0.1, 0.15) is 0 Å². The molecule has 2 nitrogen and oxygen atoms in total. The van der Waals surface area contributed by atoms with E-state index >= 15 is 0 Å². The van der Waals surface area contributed by atoms with Gasteiger partial charge in [0.2, 0.25) is 5.91 Å². The molecule has 0 fully saturated rings. The summed E-state index contributed by atoms with van der Waals surface area (Å²) in [5, 5.41) is 2.84. The smallest absolute Gasteiger partial charge is 0.248 e. The Morgan fingerprint density at radius 3 is 2.58 bits per heavy atom. The van der Waals surface area contributed by atoms with Crippen molar-refractivity contribution in [3.8, 4) is 0 Å². The van der Waals surface area contributed by atoms with Gasteiger partial charge in [-0.05, 0) is 52.2 Å². The zero-order valence-corrected chi connectivity index (χ0v) is 12.1. The van der Waals surface area contributed by atoms with Crippen molar-refractivity contribution < 1.29 is 4.79 Å².